The van der Waals surface area contributed by atoms with E-state index in [9.17, 15) is 9.59 Å². The SMILES string of the molecule is CCCCCCCCOC([NH-])=O.O=C(O)c1ccccc1O.[Zn]. The third-order valence-electron chi connectivity index (χ3n) is 2.87. The van der Waals surface area contributed by atoms with E-state index in [2.05, 4.69) is 11.7 Å². The smallest absolute Gasteiger partial charge is 0.339 e. The number of ether oxygens (including phenoxy) is 1. The number of benzene rings is 1. The Morgan fingerprint density at radius 2 is 1.65 bits per heavy atom. The molecule has 1 aromatic rings. The number of para-hydroxylation sites is 1. The van der Waals surface area contributed by atoms with Crippen molar-refractivity contribution in [2.24, 2.45) is 0 Å². The van der Waals surface area contributed by atoms with Gasteiger partial charge in [0.2, 0.25) is 6.09 Å². The van der Waals surface area contributed by atoms with Gasteiger partial charge in [-0.1, -0.05) is 51.2 Å². The molecule has 23 heavy (non-hydrogen) atoms. The maximum absolute atomic E-state index is 10.3. The normalized spacial score (nSPS) is 9.09. The Labute approximate surface area is 149 Å². The Morgan fingerprint density at radius 1 is 1.09 bits per heavy atom. The number of hydrogen-bond acceptors (Lipinski definition) is 4. The topological polar surface area (TPSA) is 108 Å². The Morgan fingerprint density at radius 3 is 2.13 bits per heavy atom. The number of unbranched alkanes of at least 4 members (excludes halogenated alkanes) is 5. The van der Waals surface area contributed by atoms with E-state index in [0.29, 0.717) is 6.61 Å². The van der Waals surface area contributed by atoms with Gasteiger partial charge in [-0.05, 0) is 18.6 Å². The molecule has 0 saturated carbocycles. The minimum Gasteiger partial charge on any atom is -0.632 e. The van der Waals surface area contributed by atoms with Crippen molar-refractivity contribution in [3.63, 3.8) is 0 Å². The summed E-state index contributed by atoms with van der Waals surface area (Å²) in [6.07, 6.45) is 6.11. The van der Waals surface area contributed by atoms with Gasteiger partial charge in [-0.2, -0.15) is 0 Å². The van der Waals surface area contributed by atoms with Crippen molar-refractivity contribution in [2.45, 2.75) is 45.4 Å². The van der Waals surface area contributed by atoms with Crippen LogP contribution in [0.3, 0.4) is 0 Å². The summed E-state index contributed by atoms with van der Waals surface area (Å²) in [5.41, 5.74) is 6.40. The molecule has 0 atom stereocenters. The average molecular weight is 376 g/mol. The number of nitrogens with one attached hydrogen (secondary N) is 1. The quantitative estimate of drug-likeness (QED) is 0.509. The standard InChI is InChI=1S/C9H19NO2.C7H6O3.Zn/c1-2-3-4-5-6-7-8-12-9(10)11;8-6-4-2-1-3-5(6)7(9)10;/h2-8H2,1H3,(H2,10,11);1-4,8H,(H,9,10);/p-1. The summed E-state index contributed by atoms with van der Waals surface area (Å²) in [5, 5.41) is 17.3. The first-order valence-corrected chi connectivity index (χ1v) is 7.38. The van der Waals surface area contributed by atoms with Crippen LogP contribution in [-0.2, 0) is 24.2 Å². The zero-order valence-corrected chi connectivity index (χ0v) is 16.6. The second-order valence-corrected chi connectivity index (χ2v) is 4.73. The zero-order chi connectivity index (χ0) is 16.8. The van der Waals surface area contributed by atoms with Crippen LogP contribution in [0.15, 0.2) is 24.3 Å². The fourth-order valence-corrected chi connectivity index (χ4v) is 1.70. The second-order valence-electron chi connectivity index (χ2n) is 4.73. The molecule has 0 fully saturated rings. The molecular weight excluding hydrogens is 352 g/mol. The van der Waals surface area contributed by atoms with Gasteiger partial charge in [0.05, 0.1) is 6.61 Å². The van der Waals surface area contributed by atoms with Crippen LogP contribution < -0.4 is 0 Å². The summed E-state index contributed by atoms with van der Waals surface area (Å²) in [4.78, 5) is 20.3. The van der Waals surface area contributed by atoms with Crippen LogP contribution in [0.25, 0.3) is 5.73 Å². The number of phenols is 1. The summed E-state index contributed by atoms with van der Waals surface area (Å²) in [5.74, 6) is -1.31. The average Bonchev–Trinajstić information content (AvgIpc) is 2.47. The van der Waals surface area contributed by atoms with E-state index < -0.39 is 12.1 Å². The summed E-state index contributed by atoms with van der Waals surface area (Å²) in [6.45, 7) is 2.59. The maximum Gasteiger partial charge on any atom is 0.339 e. The summed E-state index contributed by atoms with van der Waals surface area (Å²) < 4.78 is 4.48. The summed E-state index contributed by atoms with van der Waals surface area (Å²) >= 11 is 0. The number of carbonyl (C=O) groups is 2. The Hall–Kier alpha value is -1.62. The van der Waals surface area contributed by atoms with Gasteiger partial charge in [0, 0.05) is 19.5 Å². The fourth-order valence-electron chi connectivity index (χ4n) is 1.70. The van der Waals surface area contributed by atoms with Crippen molar-refractivity contribution >= 4 is 12.1 Å². The molecule has 1 aromatic carbocycles. The molecule has 0 spiro atoms. The van der Waals surface area contributed by atoms with Gasteiger partial charge in [0.15, 0.2) is 0 Å². The van der Waals surface area contributed by atoms with Crippen molar-refractivity contribution in [1.82, 2.24) is 0 Å². The van der Waals surface area contributed by atoms with Crippen LogP contribution in [0.4, 0.5) is 4.79 Å². The molecule has 7 heteroatoms. The minimum absolute atomic E-state index is 0. The Balaban J connectivity index is 0. The van der Waals surface area contributed by atoms with E-state index in [1.54, 1.807) is 12.1 Å². The third-order valence-corrected chi connectivity index (χ3v) is 2.87. The van der Waals surface area contributed by atoms with E-state index in [1.165, 1.54) is 37.8 Å². The van der Waals surface area contributed by atoms with Gasteiger partial charge in [0.25, 0.3) is 0 Å². The molecule has 0 aliphatic rings. The third kappa shape index (κ3) is 13.7. The van der Waals surface area contributed by atoms with E-state index in [4.69, 9.17) is 15.9 Å². The maximum atomic E-state index is 10.3. The largest absolute Gasteiger partial charge is 0.632 e. The van der Waals surface area contributed by atoms with Crippen LogP contribution in [0.2, 0.25) is 0 Å². The van der Waals surface area contributed by atoms with Crippen LogP contribution >= 0.6 is 0 Å². The molecule has 6 nitrogen and oxygen atoms in total. The van der Waals surface area contributed by atoms with Crippen LogP contribution in [0, 0.1) is 0 Å². The zero-order valence-electron chi connectivity index (χ0n) is 13.6. The van der Waals surface area contributed by atoms with Gasteiger partial charge in [-0.15, -0.1) is 0 Å². The molecule has 0 aliphatic carbocycles. The molecule has 0 saturated heterocycles. The van der Waals surface area contributed by atoms with Crippen molar-refractivity contribution in [2.75, 3.05) is 6.61 Å². The van der Waals surface area contributed by atoms with Crippen molar-refractivity contribution in [1.29, 1.82) is 0 Å². The van der Waals surface area contributed by atoms with Gasteiger partial charge in [-0.3, -0.25) is 4.79 Å². The molecule has 0 bridgehead atoms. The molecule has 3 N–H and O–H groups in total. The number of amides is 1. The molecule has 0 unspecified atom stereocenters. The van der Waals surface area contributed by atoms with Crippen LogP contribution in [0.1, 0.15) is 55.8 Å². The molecule has 0 aliphatic heterocycles. The predicted octanol–water partition coefficient (Wildman–Crippen LogP) is 4.62. The Bertz CT molecular complexity index is 454. The summed E-state index contributed by atoms with van der Waals surface area (Å²) in [6, 6.07) is 5.81. The van der Waals surface area contributed by atoms with Gasteiger partial charge in [-0.25, -0.2) is 4.79 Å². The molecule has 0 heterocycles. The van der Waals surface area contributed by atoms with E-state index in [1.807, 2.05) is 0 Å². The van der Waals surface area contributed by atoms with Crippen LogP contribution in [0.5, 0.6) is 5.75 Å². The molecule has 0 aromatic heterocycles. The van der Waals surface area contributed by atoms with Crippen molar-refractivity contribution in [3.8, 4) is 5.75 Å². The number of aromatic carboxylic acids is 1. The fraction of sp³-hybridized carbons (Fsp3) is 0.500. The molecular formula is C16H24NO5Zn-. The predicted molar refractivity (Wildman–Crippen MR) is 84.1 cm³/mol. The number of carboxylic acids is 1. The van der Waals surface area contributed by atoms with E-state index >= 15 is 0 Å². The molecule has 0 radical (unpaired) electrons. The van der Waals surface area contributed by atoms with Gasteiger partial charge < -0.3 is 20.7 Å². The summed E-state index contributed by atoms with van der Waals surface area (Å²) in [7, 11) is 0. The van der Waals surface area contributed by atoms with Gasteiger partial charge >= 0.3 is 5.97 Å². The van der Waals surface area contributed by atoms with Crippen molar-refractivity contribution < 1.29 is 44.0 Å². The first kappa shape index (κ1) is 23.6. The molecule has 1 amide bonds. The number of carbonyl (C=O) groups excluding carboxylic acids is 1. The molecule has 1 rings (SSSR count). The minimum atomic E-state index is -1.11. The Kier molecular flexibility index (Phi) is 15.7. The number of carboxylic acid groups (broad SMARTS) is 1. The van der Waals surface area contributed by atoms with E-state index in [-0.39, 0.29) is 30.8 Å². The number of hydrogen-bond donors (Lipinski definition) is 2. The van der Waals surface area contributed by atoms with Crippen molar-refractivity contribution in [3.05, 3.63) is 35.6 Å². The molecule has 126 valence electrons. The van der Waals surface area contributed by atoms with Gasteiger partial charge in [0.1, 0.15) is 11.3 Å². The second kappa shape index (κ2) is 15.3. The van der Waals surface area contributed by atoms with E-state index in [0.717, 1.165) is 12.8 Å². The van der Waals surface area contributed by atoms with Crippen LogP contribution in [-0.4, -0.2) is 28.9 Å². The monoisotopic (exact) mass is 374 g/mol. The first-order valence-electron chi connectivity index (χ1n) is 7.38. The number of rotatable bonds is 8. The number of aromatic hydroxyl groups is 1. The first-order chi connectivity index (χ1) is 10.5.